The Hall–Kier alpha value is -2.15. The van der Waals surface area contributed by atoms with Gasteiger partial charge < -0.3 is 10.2 Å². The van der Waals surface area contributed by atoms with E-state index in [9.17, 15) is 10.1 Å². The van der Waals surface area contributed by atoms with Crippen LogP contribution in [0.4, 0.5) is 22.9 Å². The topological polar surface area (TPSA) is 71.3 Å². The molecule has 0 spiro atoms. The lowest BCUT2D eigenvalue weighted by Gasteiger charge is -2.14. The summed E-state index contributed by atoms with van der Waals surface area (Å²) in [5.74, 6) is 0.557. The molecule has 0 aliphatic carbocycles. The molecule has 21 heavy (non-hydrogen) atoms. The van der Waals surface area contributed by atoms with Crippen molar-refractivity contribution >= 4 is 38.8 Å². The second kappa shape index (κ2) is 5.33. The Labute approximate surface area is 130 Å². The highest BCUT2D eigenvalue weighted by Crippen LogP contribution is 2.32. The lowest BCUT2D eigenvalue weighted by molar-refractivity contribution is -0.385. The molecule has 7 heteroatoms. The van der Waals surface area contributed by atoms with Crippen LogP contribution in [0.2, 0.25) is 0 Å². The summed E-state index contributed by atoms with van der Waals surface area (Å²) in [7, 11) is 2.07. The molecule has 1 N–H and O–H groups in total. The van der Waals surface area contributed by atoms with Gasteiger partial charge in [-0.3, -0.25) is 10.1 Å². The van der Waals surface area contributed by atoms with Crippen LogP contribution in [0.25, 0.3) is 0 Å². The van der Waals surface area contributed by atoms with Crippen molar-refractivity contribution < 1.29 is 4.92 Å². The van der Waals surface area contributed by atoms with Crippen LogP contribution in [0, 0.1) is 10.1 Å². The number of aromatic nitrogens is 1. The van der Waals surface area contributed by atoms with Gasteiger partial charge in [-0.05, 0) is 40.0 Å². The van der Waals surface area contributed by atoms with E-state index in [0.29, 0.717) is 10.3 Å². The van der Waals surface area contributed by atoms with E-state index in [1.807, 2.05) is 6.07 Å². The first kappa shape index (κ1) is 13.8. The summed E-state index contributed by atoms with van der Waals surface area (Å²) >= 11 is 3.31. The molecule has 2 heterocycles. The quantitative estimate of drug-likeness (QED) is 0.678. The second-order valence-corrected chi connectivity index (χ2v) is 5.78. The van der Waals surface area contributed by atoms with E-state index >= 15 is 0 Å². The molecule has 0 fully saturated rings. The fraction of sp³-hybridized carbons (Fsp3) is 0.214. The Morgan fingerprint density at radius 2 is 2.24 bits per heavy atom. The van der Waals surface area contributed by atoms with Crippen LogP contribution in [-0.2, 0) is 6.42 Å². The number of hydrogen-bond donors (Lipinski definition) is 1. The molecule has 3 rings (SSSR count). The van der Waals surface area contributed by atoms with Gasteiger partial charge in [-0.1, -0.05) is 6.07 Å². The van der Waals surface area contributed by atoms with Crippen molar-refractivity contribution in [3.8, 4) is 0 Å². The maximum Gasteiger partial charge on any atom is 0.288 e. The number of likely N-dealkylation sites (N-methyl/N-ethyl adjacent to an activating group) is 1. The molecule has 0 amide bonds. The largest absolute Gasteiger partial charge is 0.374 e. The Balaban J connectivity index is 1.87. The average molecular weight is 349 g/mol. The molecule has 6 nitrogen and oxygen atoms in total. The van der Waals surface area contributed by atoms with Crippen molar-refractivity contribution in [3.05, 3.63) is 50.6 Å². The van der Waals surface area contributed by atoms with E-state index in [0.717, 1.165) is 18.7 Å². The smallest absolute Gasteiger partial charge is 0.288 e. The molecule has 1 aromatic carbocycles. The number of nitro groups is 1. The minimum Gasteiger partial charge on any atom is -0.374 e. The summed E-state index contributed by atoms with van der Waals surface area (Å²) in [4.78, 5) is 16.5. The fourth-order valence-electron chi connectivity index (χ4n) is 2.37. The molecule has 2 aromatic rings. The van der Waals surface area contributed by atoms with Crippen molar-refractivity contribution in [3.63, 3.8) is 0 Å². The summed E-state index contributed by atoms with van der Waals surface area (Å²) in [6, 6.07) is 7.60. The molecule has 0 unspecified atom stereocenters. The Morgan fingerprint density at radius 1 is 1.43 bits per heavy atom. The highest BCUT2D eigenvalue weighted by molar-refractivity contribution is 9.10. The van der Waals surface area contributed by atoms with E-state index in [1.54, 1.807) is 0 Å². The van der Waals surface area contributed by atoms with E-state index in [4.69, 9.17) is 0 Å². The first-order chi connectivity index (χ1) is 10.0. The van der Waals surface area contributed by atoms with Crippen LogP contribution in [0.15, 0.2) is 34.9 Å². The Bertz CT molecular complexity index is 720. The minimum atomic E-state index is -0.466. The molecular weight excluding hydrogens is 336 g/mol. The van der Waals surface area contributed by atoms with Crippen LogP contribution in [0.1, 0.15) is 5.56 Å². The lowest BCUT2D eigenvalue weighted by atomic mass is 10.1. The van der Waals surface area contributed by atoms with Crippen LogP contribution >= 0.6 is 15.9 Å². The van der Waals surface area contributed by atoms with Crippen LogP contribution < -0.4 is 10.2 Å². The first-order valence-electron chi connectivity index (χ1n) is 6.45. The molecule has 108 valence electrons. The zero-order valence-electron chi connectivity index (χ0n) is 11.3. The monoisotopic (exact) mass is 348 g/mol. The number of nitrogens with one attached hydrogen (secondary N) is 1. The number of pyridine rings is 1. The number of fused-ring (bicyclic) bond motifs is 1. The molecule has 0 saturated carbocycles. The highest BCUT2D eigenvalue weighted by atomic mass is 79.9. The van der Waals surface area contributed by atoms with E-state index in [2.05, 4.69) is 50.3 Å². The summed E-state index contributed by atoms with van der Waals surface area (Å²) in [6.07, 6.45) is 2.30. The van der Waals surface area contributed by atoms with Gasteiger partial charge in [0, 0.05) is 31.0 Å². The van der Waals surface area contributed by atoms with Gasteiger partial charge in [0.1, 0.15) is 12.0 Å². The summed E-state index contributed by atoms with van der Waals surface area (Å²) in [5, 5.41) is 13.9. The average Bonchev–Trinajstić information content (AvgIpc) is 2.82. The van der Waals surface area contributed by atoms with Crippen molar-refractivity contribution in [1.82, 2.24) is 4.98 Å². The highest BCUT2D eigenvalue weighted by Gasteiger charge is 2.16. The van der Waals surface area contributed by atoms with Gasteiger partial charge in [0.05, 0.1) is 9.40 Å². The molecular formula is C14H13BrN4O2. The number of halogens is 1. The van der Waals surface area contributed by atoms with E-state index in [1.165, 1.54) is 23.5 Å². The fourth-order valence-corrected chi connectivity index (χ4v) is 2.81. The summed E-state index contributed by atoms with van der Waals surface area (Å²) in [6.45, 7) is 1.03. The minimum absolute atomic E-state index is 0.0406. The van der Waals surface area contributed by atoms with Crippen molar-refractivity contribution in [2.24, 2.45) is 0 Å². The van der Waals surface area contributed by atoms with Crippen LogP contribution in [-0.4, -0.2) is 23.5 Å². The first-order valence-corrected chi connectivity index (χ1v) is 7.25. The molecule has 1 aliphatic rings. The van der Waals surface area contributed by atoms with Gasteiger partial charge in [-0.25, -0.2) is 4.98 Å². The maximum atomic E-state index is 10.7. The third-order valence-corrected chi connectivity index (χ3v) is 4.12. The van der Waals surface area contributed by atoms with Gasteiger partial charge in [0.2, 0.25) is 0 Å². The molecule has 0 radical (unpaired) electrons. The molecule has 0 saturated heterocycles. The lowest BCUT2D eigenvalue weighted by Crippen LogP contribution is -2.12. The molecule has 1 aromatic heterocycles. The second-order valence-electron chi connectivity index (χ2n) is 4.92. The Morgan fingerprint density at radius 3 is 2.95 bits per heavy atom. The maximum absolute atomic E-state index is 10.7. The van der Waals surface area contributed by atoms with Gasteiger partial charge in [0.15, 0.2) is 0 Å². The van der Waals surface area contributed by atoms with Gasteiger partial charge in [-0.15, -0.1) is 0 Å². The van der Waals surface area contributed by atoms with Crippen molar-refractivity contribution in [2.45, 2.75) is 6.42 Å². The van der Waals surface area contributed by atoms with E-state index < -0.39 is 4.92 Å². The third kappa shape index (κ3) is 2.69. The predicted molar refractivity (Wildman–Crippen MR) is 85.3 cm³/mol. The van der Waals surface area contributed by atoms with Gasteiger partial charge >= 0.3 is 0 Å². The molecule has 0 atom stereocenters. The summed E-state index contributed by atoms with van der Waals surface area (Å²) < 4.78 is 0.561. The standard InChI is InChI=1S/C14H13BrN4O2/c1-18-5-4-9-2-3-10(6-13(9)18)17-14-12(15)7-11(8-16-14)19(20)21/h2-3,6-8H,4-5H2,1H3,(H,16,17). The van der Waals surface area contributed by atoms with Crippen LogP contribution in [0.3, 0.4) is 0 Å². The number of anilines is 3. The zero-order chi connectivity index (χ0) is 15.0. The van der Waals surface area contributed by atoms with Gasteiger partial charge in [-0.2, -0.15) is 0 Å². The summed E-state index contributed by atoms with van der Waals surface area (Å²) in [5.41, 5.74) is 3.41. The van der Waals surface area contributed by atoms with Crippen molar-refractivity contribution in [1.29, 1.82) is 0 Å². The SMILES string of the molecule is CN1CCc2ccc(Nc3ncc([N+](=O)[O-])cc3Br)cc21. The number of benzene rings is 1. The normalized spacial score (nSPS) is 13.1. The molecule has 1 aliphatic heterocycles. The van der Waals surface area contributed by atoms with Gasteiger partial charge in [0.25, 0.3) is 5.69 Å². The predicted octanol–water partition coefficient (Wildman–Crippen LogP) is 3.49. The van der Waals surface area contributed by atoms with E-state index in [-0.39, 0.29) is 5.69 Å². The molecule has 0 bridgehead atoms. The Kier molecular flexibility index (Phi) is 3.50. The zero-order valence-corrected chi connectivity index (χ0v) is 12.9. The number of nitrogens with zero attached hydrogens (tertiary/aromatic N) is 3. The van der Waals surface area contributed by atoms with Crippen molar-refractivity contribution in [2.75, 3.05) is 23.8 Å². The third-order valence-electron chi connectivity index (χ3n) is 3.51. The van der Waals surface area contributed by atoms with Crippen LogP contribution in [0.5, 0.6) is 0 Å². The number of rotatable bonds is 3. The number of hydrogen-bond acceptors (Lipinski definition) is 5.